The van der Waals surface area contributed by atoms with Crippen LogP contribution in [0.2, 0.25) is 0 Å². The highest BCUT2D eigenvalue weighted by Crippen LogP contribution is 2.31. The molecule has 30 heavy (non-hydrogen) atoms. The SMILES string of the molecule is C=CCn1c(-c2cccc([N+](=O)[O-])c2)cnc1SCC(=O)N1CCc2ccccc21. The molecule has 0 aliphatic carbocycles. The fourth-order valence-electron chi connectivity index (χ4n) is 3.59. The molecule has 0 fully saturated rings. The number of hydrogen-bond acceptors (Lipinski definition) is 5. The van der Waals surface area contributed by atoms with Gasteiger partial charge in [0.05, 0.1) is 22.6 Å². The number of allylic oxidation sites excluding steroid dienone is 1. The average Bonchev–Trinajstić information content (AvgIpc) is 3.37. The Hall–Kier alpha value is -3.39. The van der Waals surface area contributed by atoms with Crippen molar-refractivity contribution in [3.05, 3.63) is 83.1 Å². The monoisotopic (exact) mass is 420 g/mol. The number of para-hydroxylation sites is 1. The molecule has 4 rings (SSSR count). The first kappa shape index (κ1) is 19.9. The molecule has 0 N–H and O–H groups in total. The number of carbonyl (C=O) groups excluding carboxylic acids is 1. The van der Waals surface area contributed by atoms with Crippen LogP contribution in [0.4, 0.5) is 11.4 Å². The summed E-state index contributed by atoms with van der Waals surface area (Å²) >= 11 is 1.36. The van der Waals surface area contributed by atoms with E-state index < -0.39 is 4.92 Å². The third-order valence-corrected chi connectivity index (χ3v) is 5.97. The lowest BCUT2D eigenvalue weighted by Gasteiger charge is -2.17. The number of aromatic nitrogens is 2. The summed E-state index contributed by atoms with van der Waals surface area (Å²) in [6.07, 6.45) is 4.29. The predicted octanol–water partition coefficient (Wildman–Crippen LogP) is 4.33. The van der Waals surface area contributed by atoms with Gasteiger partial charge in [-0.15, -0.1) is 6.58 Å². The maximum atomic E-state index is 12.8. The van der Waals surface area contributed by atoms with Crippen LogP contribution in [-0.4, -0.2) is 32.7 Å². The lowest BCUT2D eigenvalue weighted by atomic mass is 10.1. The largest absolute Gasteiger partial charge is 0.315 e. The summed E-state index contributed by atoms with van der Waals surface area (Å²) in [5.74, 6) is 0.298. The van der Waals surface area contributed by atoms with Gasteiger partial charge in [-0.2, -0.15) is 0 Å². The minimum absolute atomic E-state index is 0.0240. The second kappa shape index (κ2) is 8.54. The molecule has 1 aliphatic rings. The molecule has 1 amide bonds. The first-order chi connectivity index (χ1) is 14.6. The number of hydrogen-bond donors (Lipinski definition) is 0. The summed E-state index contributed by atoms with van der Waals surface area (Å²) in [4.78, 5) is 29.8. The van der Waals surface area contributed by atoms with E-state index in [-0.39, 0.29) is 17.3 Å². The smallest absolute Gasteiger partial charge is 0.270 e. The van der Waals surface area contributed by atoms with E-state index in [1.807, 2.05) is 33.7 Å². The minimum atomic E-state index is -0.417. The molecule has 0 unspecified atom stereocenters. The van der Waals surface area contributed by atoms with Crippen molar-refractivity contribution in [2.45, 2.75) is 18.1 Å². The van der Waals surface area contributed by atoms with Crippen molar-refractivity contribution in [2.24, 2.45) is 0 Å². The van der Waals surface area contributed by atoms with Gasteiger partial charge in [-0.25, -0.2) is 4.98 Å². The van der Waals surface area contributed by atoms with Crippen LogP contribution in [0.3, 0.4) is 0 Å². The Morgan fingerprint density at radius 2 is 2.10 bits per heavy atom. The number of nitrogens with zero attached hydrogens (tertiary/aromatic N) is 4. The Labute approximate surface area is 178 Å². The first-order valence-electron chi connectivity index (χ1n) is 9.51. The number of thioether (sulfide) groups is 1. The van der Waals surface area contributed by atoms with Gasteiger partial charge in [0, 0.05) is 36.5 Å². The van der Waals surface area contributed by atoms with E-state index in [1.165, 1.54) is 29.5 Å². The van der Waals surface area contributed by atoms with Gasteiger partial charge in [0.15, 0.2) is 5.16 Å². The molecule has 0 bridgehead atoms. The molecule has 2 aromatic carbocycles. The van der Waals surface area contributed by atoms with Crippen LogP contribution in [0.15, 0.2) is 72.5 Å². The molecule has 3 aromatic rings. The van der Waals surface area contributed by atoms with Crippen LogP contribution in [-0.2, 0) is 17.8 Å². The molecule has 0 radical (unpaired) electrons. The van der Waals surface area contributed by atoms with Crippen molar-refractivity contribution < 1.29 is 9.72 Å². The fourth-order valence-corrected chi connectivity index (χ4v) is 4.45. The molecule has 7 nitrogen and oxygen atoms in total. The lowest BCUT2D eigenvalue weighted by molar-refractivity contribution is -0.384. The van der Waals surface area contributed by atoms with Gasteiger partial charge in [0.25, 0.3) is 5.69 Å². The normalized spacial score (nSPS) is 12.6. The van der Waals surface area contributed by atoms with Crippen molar-refractivity contribution >= 4 is 29.0 Å². The van der Waals surface area contributed by atoms with Gasteiger partial charge < -0.3 is 9.47 Å². The molecule has 8 heteroatoms. The number of nitro benzene ring substituents is 1. The Morgan fingerprint density at radius 3 is 2.90 bits per heavy atom. The topological polar surface area (TPSA) is 81.3 Å². The molecule has 1 aromatic heterocycles. The number of amides is 1. The van der Waals surface area contributed by atoms with Crippen LogP contribution < -0.4 is 4.90 Å². The van der Waals surface area contributed by atoms with Gasteiger partial charge >= 0.3 is 0 Å². The Kier molecular flexibility index (Phi) is 5.67. The maximum absolute atomic E-state index is 12.8. The highest BCUT2D eigenvalue weighted by molar-refractivity contribution is 7.99. The van der Waals surface area contributed by atoms with E-state index in [4.69, 9.17) is 0 Å². The van der Waals surface area contributed by atoms with Crippen molar-refractivity contribution in [1.82, 2.24) is 9.55 Å². The molecule has 0 atom stereocenters. The van der Waals surface area contributed by atoms with E-state index >= 15 is 0 Å². The minimum Gasteiger partial charge on any atom is -0.315 e. The lowest BCUT2D eigenvalue weighted by Crippen LogP contribution is -2.30. The Morgan fingerprint density at radius 1 is 1.27 bits per heavy atom. The number of nitro groups is 1. The quantitative estimate of drug-likeness (QED) is 0.246. The zero-order chi connectivity index (χ0) is 21.1. The third-order valence-electron chi connectivity index (χ3n) is 5.00. The van der Waals surface area contributed by atoms with Gasteiger partial charge in [-0.3, -0.25) is 14.9 Å². The van der Waals surface area contributed by atoms with E-state index in [0.29, 0.717) is 23.8 Å². The zero-order valence-corrected chi connectivity index (χ0v) is 17.0. The maximum Gasteiger partial charge on any atom is 0.270 e. The van der Waals surface area contributed by atoms with Crippen LogP contribution in [0.1, 0.15) is 5.56 Å². The number of rotatable bonds is 7. The predicted molar refractivity (Wildman–Crippen MR) is 118 cm³/mol. The standard InChI is InChI=1S/C22H20N4O3S/c1-2-11-25-20(17-7-5-8-18(13-17)26(28)29)14-23-22(25)30-15-21(27)24-12-10-16-6-3-4-9-19(16)24/h2-9,13-14H,1,10-12,15H2. The molecular weight excluding hydrogens is 400 g/mol. The third kappa shape index (κ3) is 3.86. The highest BCUT2D eigenvalue weighted by Gasteiger charge is 2.24. The molecular formula is C22H20N4O3S. The van der Waals surface area contributed by atoms with Crippen molar-refractivity contribution in [1.29, 1.82) is 0 Å². The van der Waals surface area contributed by atoms with Crippen LogP contribution in [0, 0.1) is 10.1 Å². The molecule has 0 saturated heterocycles. The number of non-ortho nitro benzene ring substituents is 1. The van der Waals surface area contributed by atoms with Crippen molar-refractivity contribution in [2.75, 3.05) is 17.2 Å². The van der Waals surface area contributed by atoms with Crippen molar-refractivity contribution in [3.8, 4) is 11.3 Å². The number of imidazole rings is 1. The highest BCUT2D eigenvalue weighted by atomic mass is 32.2. The van der Waals surface area contributed by atoms with Crippen molar-refractivity contribution in [3.63, 3.8) is 0 Å². The second-order valence-electron chi connectivity index (χ2n) is 6.85. The zero-order valence-electron chi connectivity index (χ0n) is 16.2. The van der Waals surface area contributed by atoms with E-state index in [2.05, 4.69) is 17.6 Å². The molecule has 2 heterocycles. The van der Waals surface area contributed by atoms with Crippen LogP contribution in [0.25, 0.3) is 11.3 Å². The van der Waals surface area contributed by atoms with Gasteiger partial charge in [-0.1, -0.05) is 48.2 Å². The van der Waals surface area contributed by atoms with E-state index in [9.17, 15) is 14.9 Å². The second-order valence-corrected chi connectivity index (χ2v) is 7.79. The Balaban J connectivity index is 1.54. The van der Waals surface area contributed by atoms with Crippen LogP contribution in [0.5, 0.6) is 0 Å². The van der Waals surface area contributed by atoms with Gasteiger partial charge in [0.1, 0.15) is 0 Å². The van der Waals surface area contributed by atoms with Gasteiger partial charge in [-0.05, 0) is 18.1 Å². The van der Waals surface area contributed by atoms with Gasteiger partial charge in [0.2, 0.25) is 5.91 Å². The fraction of sp³-hybridized carbons (Fsp3) is 0.182. The Bertz CT molecular complexity index is 1130. The summed E-state index contributed by atoms with van der Waals surface area (Å²) in [5.41, 5.74) is 3.65. The van der Waals surface area contributed by atoms with E-state index in [1.54, 1.807) is 18.3 Å². The number of fused-ring (bicyclic) bond motifs is 1. The summed E-state index contributed by atoms with van der Waals surface area (Å²) in [7, 11) is 0. The molecule has 1 aliphatic heterocycles. The first-order valence-corrected chi connectivity index (χ1v) is 10.5. The summed E-state index contributed by atoms with van der Waals surface area (Å²) in [6, 6.07) is 14.4. The summed E-state index contributed by atoms with van der Waals surface area (Å²) < 4.78 is 1.92. The summed E-state index contributed by atoms with van der Waals surface area (Å²) in [6.45, 7) is 4.98. The summed E-state index contributed by atoms with van der Waals surface area (Å²) in [5, 5.41) is 11.8. The van der Waals surface area contributed by atoms with Crippen LogP contribution >= 0.6 is 11.8 Å². The number of carbonyl (C=O) groups is 1. The molecule has 0 saturated carbocycles. The number of benzene rings is 2. The number of anilines is 1. The average molecular weight is 420 g/mol. The van der Waals surface area contributed by atoms with E-state index in [0.717, 1.165) is 17.8 Å². The molecule has 152 valence electrons. The molecule has 0 spiro atoms.